The second-order valence-electron chi connectivity index (χ2n) is 5.32. The summed E-state index contributed by atoms with van der Waals surface area (Å²) in [6.45, 7) is 3.97. The van der Waals surface area contributed by atoms with Crippen LogP contribution in [0.1, 0.15) is 22.7 Å². The highest BCUT2D eigenvalue weighted by Gasteiger charge is 2.55. The van der Waals surface area contributed by atoms with Crippen molar-refractivity contribution < 1.29 is 8.42 Å². The normalized spacial score (nSPS) is 24.8. The van der Waals surface area contributed by atoms with Gasteiger partial charge in [0.05, 0.1) is 15.0 Å². The van der Waals surface area contributed by atoms with E-state index in [0.717, 1.165) is 16.7 Å². The van der Waals surface area contributed by atoms with Gasteiger partial charge in [-0.2, -0.15) is 4.31 Å². The van der Waals surface area contributed by atoms with E-state index in [4.69, 9.17) is 0 Å². The summed E-state index contributed by atoms with van der Waals surface area (Å²) < 4.78 is 27.0. The van der Waals surface area contributed by atoms with Crippen molar-refractivity contribution in [1.29, 1.82) is 0 Å². The minimum absolute atomic E-state index is 0.0185. The van der Waals surface area contributed by atoms with Gasteiger partial charge in [-0.05, 0) is 37.1 Å². The van der Waals surface area contributed by atoms with Crippen molar-refractivity contribution in [3.05, 3.63) is 65.2 Å². The highest BCUT2D eigenvalue weighted by Crippen LogP contribution is 2.51. The van der Waals surface area contributed by atoms with Crippen LogP contribution in [0.25, 0.3) is 0 Å². The van der Waals surface area contributed by atoms with Crippen molar-refractivity contribution in [2.75, 3.05) is 0 Å². The van der Waals surface area contributed by atoms with Gasteiger partial charge in [0.15, 0.2) is 0 Å². The first kappa shape index (κ1) is 15.0. The van der Waals surface area contributed by atoms with Gasteiger partial charge in [-0.1, -0.05) is 64.6 Å². The van der Waals surface area contributed by atoms with E-state index in [0.29, 0.717) is 4.90 Å². The predicted octanol–water partition coefficient (Wildman–Crippen LogP) is 3.81. The molecule has 5 heteroatoms. The number of nitrogens with zero attached hydrogens (tertiary/aromatic N) is 1. The van der Waals surface area contributed by atoms with Gasteiger partial charge in [0, 0.05) is 0 Å². The summed E-state index contributed by atoms with van der Waals surface area (Å²) >= 11 is 2.20. The van der Waals surface area contributed by atoms with Gasteiger partial charge in [0.1, 0.15) is 0 Å². The first-order valence-electron chi connectivity index (χ1n) is 6.73. The zero-order valence-corrected chi connectivity index (χ0v) is 14.8. The van der Waals surface area contributed by atoms with E-state index in [2.05, 4.69) is 22.6 Å². The third-order valence-corrected chi connectivity index (χ3v) is 7.33. The third kappa shape index (κ3) is 2.62. The maximum absolute atomic E-state index is 12.7. The molecule has 2 aromatic carbocycles. The van der Waals surface area contributed by atoms with E-state index in [9.17, 15) is 8.42 Å². The molecule has 21 heavy (non-hydrogen) atoms. The number of rotatable bonds is 3. The summed E-state index contributed by atoms with van der Waals surface area (Å²) in [5.41, 5.74) is 3.28. The number of aryl methyl sites for hydroxylation is 2. The van der Waals surface area contributed by atoms with Crippen LogP contribution in [0, 0.1) is 13.8 Å². The monoisotopic (exact) mass is 413 g/mol. The van der Waals surface area contributed by atoms with Gasteiger partial charge in [0.25, 0.3) is 0 Å². The van der Waals surface area contributed by atoms with E-state index in [1.54, 1.807) is 16.4 Å². The Morgan fingerprint density at radius 1 is 1.00 bits per heavy atom. The molecule has 0 aliphatic carbocycles. The Morgan fingerprint density at radius 2 is 1.62 bits per heavy atom. The first-order valence-corrected chi connectivity index (χ1v) is 9.41. The lowest BCUT2D eigenvalue weighted by atomic mass is 10.1. The topological polar surface area (TPSA) is 37.1 Å². The molecule has 0 radical (unpaired) electrons. The average molecular weight is 413 g/mol. The van der Waals surface area contributed by atoms with Gasteiger partial charge in [-0.25, -0.2) is 8.42 Å². The van der Waals surface area contributed by atoms with Crippen LogP contribution >= 0.6 is 22.6 Å². The fraction of sp³-hybridized carbons (Fsp3) is 0.250. The van der Waals surface area contributed by atoms with Crippen molar-refractivity contribution in [1.82, 2.24) is 4.31 Å². The molecule has 0 aromatic heterocycles. The van der Waals surface area contributed by atoms with Crippen LogP contribution in [-0.2, 0) is 10.0 Å². The van der Waals surface area contributed by atoms with Crippen molar-refractivity contribution in [3.63, 3.8) is 0 Å². The molecule has 0 amide bonds. The molecule has 1 aliphatic rings. The van der Waals surface area contributed by atoms with Crippen LogP contribution < -0.4 is 0 Å². The summed E-state index contributed by atoms with van der Waals surface area (Å²) in [5.74, 6) is 0. The molecule has 0 N–H and O–H groups in total. The van der Waals surface area contributed by atoms with Crippen LogP contribution in [0.4, 0.5) is 0 Å². The second kappa shape index (κ2) is 5.37. The lowest BCUT2D eigenvalue weighted by molar-refractivity contribution is 0.553. The Labute approximate surface area is 139 Å². The van der Waals surface area contributed by atoms with Gasteiger partial charge in [0.2, 0.25) is 10.0 Å². The molecule has 3 nitrogen and oxygen atoms in total. The fourth-order valence-electron chi connectivity index (χ4n) is 2.50. The SMILES string of the molecule is Cc1ccc(S(=O)(=O)N2C(I)C2c2ccccc2C)cc1. The van der Waals surface area contributed by atoms with Crippen LogP contribution in [0.5, 0.6) is 0 Å². The molecule has 0 bridgehead atoms. The smallest absolute Gasteiger partial charge is 0.207 e. The van der Waals surface area contributed by atoms with E-state index in [-0.39, 0.29) is 10.1 Å². The number of hydrogen-bond donors (Lipinski definition) is 0. The Balaban J connectivity index is 1.95. The average Bonchev–Trinajstić information content (AvgIpc) is 3.12. The van der Waals surface area contributed by atoms with Crippen LogP contribution in [-0.4, -0.2) is 16.8 Å². The quantitative estimate of drug-likeness (QED) is 0.332. The second-order valence-corrected chi connectivity index (χ2v) is 8.44. The number of halogens is 1. The fourth-order valence-corrected chi connectivity index (χ4v) is 6.09. The number of sulfonamides is 1. The van der Waals surface area contributed by atoms with Crippen LogP contribution in [0.3, 0.4) is 0 Å². The third-order valence-electron chi connectivity index (χ3n) is 3.79. The van der Waals surface area contributed by atoms with Crippen molar-refractivity contribution in [3.8, 4) is 0 Å². The van der Waals surface area contributed by atoms with E-state index in [1.165, 1.54) is 0 Å². The first-order chi connectivity index (χ1) is 9.93. The van der Waals surface area contributed by atoms with Gasteiger partial charge < -0.3 is 0 Å². The maximum atomic E-state index is 12.7. The Bertz CT molecular complexity index is 771. The van der Waals surface area contributed by atoms with Crippen LogP contribution in [0.2, 0.25) is 0 Å². The lowest BCUT2D eigenvalue weighted by Gasteiger charge is -2.08. The summed E-state index contributed by atoms with van der Waals surface area (Å²) in [7, 11) is -3.42. The molecule has 3 unspecified atom stereocenters. The molecule has 3 atom stereocenters. The standard InChI is InChI=1S/C16H16INO2S/c1-11-7-9-13(10-8-11)21(19,20)18-15(16(18)17)14-6-4-3-5-12(14)2/h3-10,15-16H,1-2H3. The summed E-state index contributed by atoms with van der Waals surface area (Å²) in [4.78, 5) is 0.367. The Morgan fingerprint density at radius 3 is 2.24 bits per heavy atom. The molecule has 1 heterocycles. The summed E-state index contributed by atoms with van der Waals surface area (Å²) in [5, 5.41) is 0. The molecule has 110 valence electrons. The Kier molecular flexibility index (Phi) is 3.83. The zero-order valence-electron chi connectivity index (χ0n) is 11.8. The molecule has 1 saturated heterocycles. The van der Waals surface area contributed by atoms with Crippen LogP contribution in [0.15, 0.2) is 53.4 Å². The van der Waals surface area contributed by atoms with Crippen molar-refractivity contribution in [2.24, 2.45) is 0 Å². The highest BCUT2D eigenvalue weighted by atomic mass is 127. The summed E-state index contributed by atoms with van der Waals surface area (Å²) in [6, 6.07) is 14.9. The highest BCUT2D eigenvalue weighted by molar-refractivity contribution is 14.1. The lowest BCUT2D eigenvalue weighted by Crippen LogP contribution is -2.13. The predicted molar refractivity (Wildman–Crippen MR) is 91.9 cm³/mol. The van der Waals surface area contributed by atoms with E-state index >= 15 is 0 Å². The van der Waals surface area contributed by atoms with Gasteiger partial charge in [-0.15, -0.1) is 0 Å². The molecule has 2 aromatic rings. The number of alkyl halides is 1. The zero-order chi connectivity index (χ0) is 15.2. The minimum Gasteiger partial charge on any atom is -0.207 e. The maximum Gasteiger partial charge on any atom is 0.244 e. The van der Waals surface area contributed by atoms with Crippen molar-refractivity contribution in [2.45, 2.75) is 28.8 Å². The molecular weight excluding hydrogens is 397 g/mol. The molecule has 0 saturated carbocycles. The van der Waals surface area contributed by atoms with E-state index < -0.39 is 10.0 Å². The van der Waals surface area contributed by atoms with Gasteiger partial charge in [-0.3, -0.25) is 0 Å². The molecule has 0 spiro atoms. The number of hydrogen-bond acceptors (Lipinski definition) is 2. The number of benzene rings is 2. The largest absolute Gasteiger partial charge is 0.244 e. The molecule has 1 aliphatic heterocycles. The Hall–Kier alpha value is -0.920. The molecular formula is C16H16INO2S. The van der Waals surface area contributed by atoms with E-state index in [1.807, 2.05) is 50.2 Å². The van der Waals surface area contributed by atoms with Crippen molar-refractivity contribution >= 4 is 32.6 Å². The molecule has 1 fully saturated rings. The van der Waals surface area contributed by atoms with Gasteiger partial charge >= 0.3 is 0 Å². The molecule has 3 rings (SSSR count). The summed E-state index contributed by atoms with van der Waals surface area (Å²) in [6.07, 6.45) is 0. The minimum atomic E-state index is -3.42.